The first-order valence-corrected chi connectivity index (χ1v) is 7.58. The average Bonchev–Trinajstić information content (AvgIpc) is 2.56. The maximum atomic E-state index is 4.59. The van der Waals surface area contributed by atoms with Gasteiger partial charge in [0.15, 0.2) is 0 Å². The van der Waals surface area contributed by atoms with Crippen LogP contribution in [0.3, 0.4) is 0 Å². The Morgan fingerprint density at radius 3 is 1.88 bits per heavy atom. The third-order valence-electron chi connectivity index (χ3n) is 3.52. The van der Waals surface area contributed by atoms with Crippen LogP contribution < -0.4 is 0 Å². The second-order valence-electron chi connectivity index (χ2n) is 4.98. The van der Waals surface area contributed by atoms with E-state index < -0.39 is 0 Å². The maximum absolute atomic E-state index is 4.59. The zero-order chi connectivity index (χ0) is 12.5. The van der Waals surface area contributed by atoms with Crippen molar-refractivity contribution in [3.05, 3.63) is 0 Å². The van der Waals surface area contributed by atoms with Crippen molar-refractivity contribution in [2.45, 2.75) is 17.9 Å². The van der Waals surface area contributed by atoms with Gasteiger partial charge in [-0.25, -0.2) is 0 Å². The smallest absolute Gasteiger partial charge is 0.271 e. The highest BCUT2D eigenvalue weighted by molar-refractivity contribution is 7.53. The first-order chi connectivity index (χ1) is 7.38. The first kappa shape index (κ1) is 17.4. The minimum Gasteiger partial charge on any atom is -0.412 e. The van der Waals surface area contributed by atoms with E-state index in [1.165, 1.54) is 12.6 Å². The van der Waals surface area contributed by atoms with E-state index in [2.05, 4.69) is 70.9 Å². The predicted octanol–water partition coefficient (Wildman–Crippen LogP) is 0.728. The van der Waals surface area contributed by atoms with E-state index >= 15 is 0 Å². The van der Waals surface area contributed by atoms with Gasteiger partial charge in [-0.2, -0.15) is 0 Å². The Bertz CT molecular complexity index is 273. The number of hydrogen-bond donors (Lipinski definition) is 0. The van der Waals surface area contributed by atoms with Crippen molar-refractivity contribution < 1.29 is 5.48 Å². The summed E-state index contributed by atoms with van der Waals surface area (Å²) in [6.07, 6.45) is 2.45. The molecule has 1 aliphatic heterocycles. The van der Waals surface area contributed by atoms with Crippen LogP contribution in [-0.2, 0) is 0 Å². The van der Waals surface area contributed by atoms with Gasteiger partial charge in [0.25, 0.3) is 5.40 Å². The molecule has 1 rings (SSSR count). The topological polar surface area (TPSA) is 53.6 Å². The van der Waals surface area contributed by atoms with Gasteiger partial charge in [0.2, 0.25) is 7.71 Å². The predicted molar refractivity (Wildman–Crippen MR) is 79.7 cm³/mol. The quantitative estimate of drug-likeness (QED) is 0.566. The molecule has 1 heterocycles. The molecule has 0 bridgehead atoms. The van der Waals surface area contributed by atoms with E-state index in [1.807, 2.05) is 0 Å². The monoisotopic (exact) mass is 281 g/mol. The molecule has 7 heteroatoms. The Labute approximate surface area is 109 Å². The molecule has 0 aromatic heterocycles. The van der Waals surface area contributed by atoms with Crippen molar-refractivity contribution in [2.24, 2.45) is 4.52 Å². The Hall–Kier alpha value is 0.370. The van der Waals surface area contributed by atoms with Crippen molar-refractivity contribution in [2.75, 3.05) is 48.4 Å². The van der Waals surface area contributed by atoms with Crippen molar-refractivity contribution in [3.8, 4) is 0 Å². The molecule has 17 heavy (non-hydrogen) atoms. The fourth-order valence-corrected chi connectivity index (χ4v) is 6.57. The molecule has 0 radical (unpaired) electrons. The minimum atomic E-state index is -0.343. The molecule has 102 valence electrons. The van der Waals surface area contributed by atoms with Crippen LogP contribution >= 0.6 is 17.1 Å². The van der Waals surface area contributed by atoms with E-state index in [1.54, 1.807) is 0 Å². The van der Waals surface area contributed by atoms with Crippen LogP contribution in [0.4, 0.5) is 0 Å². The minimum absolute atomic E-state index is 0. The Balaban J connectivity index is 0.00000256. The van der Waals surface area contributed by atoms with Gasteiger partial charge >= 0.3 is 0 Å². The third kappa shape index (κ3) is 2.70. The van der Waals surface area contributed by atoms with E-state index in [4.69, 9.17) is 0 Å². The molecule has 0 aliphatic carbocycles. The fraction of sp³-hybridized carbons (Fsp3) is 1.00. The molecule has 0 spiro atoms. The summed E-state index contributed by atoms with van der Waals surface area (Å²) in [6, 6.07) is 0.549. The van der Waals surface area contributed by atoms with E-state index in [9.17, 15) is 0 Å². The molecule has 2 N–H and O–H groups in total. The summed E-state index contributed by atoms with van der Waals surface area (Å²) in [5.41, 5.74) is 0. The standard InChI is InChI=1S/C10H25N4P2.H2O/c1-12(2)9-7-8-16(11-15)10(9,13(3)4)14(5)6;/h9H,7-8,15H2,1-6H3;1H2/q+1;. The molecule has 1 fully saturated rings. The van der Waals surface area contributed by atoms with E-state index in [0.717, 1.165) is 0 Å². The van der Waals surface area contributed by atoms with Crippen molar-refractivity contribution in [1.29, 1.82) is 0 Å². The van der Waals surface area contributed by atoms with E-state index in [0.29, 0.717) is 6.04 Å². The van der Waals surface area contributed by atoms with Crippen molar-refractivity contribution in [1.82, 2.24) is 14.7 Å². The molecule has 0 aromatic carbocycles. The lowest BCUT2D eigenvalue weighted by atomic mass is 10.1. The average molecular weight is 281 g/mol. The van der Waals surface area contributed by atoms with E-state index in [-0.39, 0.29) is 18.6 Å². The number of rotatable bonds is 3. The molecule has 0 aromatic rings. The van der Waals surface area contributed by atoms with Crippen LogP contribution in [0.25, 0.3) is 0 Å². The Morgan fingerprint density at radius 2 is 1.59 bits per heavy atom. The highest BCUT2D eigenvalue weighted by Crippen LogP contribution is 2.55. The van der Waals surface area contributed by atoms with Crippen molar-refractivity contribution >= 4 is 17.1 Å². The summed E-state index contributed by atoms with van der Waals surface area (Å²) in [5.74, 6) is 0. The summed E-state index contributed by atoms with van der Waals surface area (Å²) < 4.78 is 4.59. The first-order valence-electron chi connectivity index (χ1n) is 5.58. The highest BCUT2D eigenvalue weighted by Gasteiger charge is 2.62. The lowest BCUT2D eigenvalue weighted by molar-refractivity contribution is 0.0195. The summed E-state index contributed by atoms with van der Waals surface area (Å²) in [6.45, 7) is 0. The van der Waals surface area contributed by atoms with Gasteiger partial charge in [-0.3, -0.25) is 14.7 Å². The van der Waals surface area contributed by atoms with Gasteiger partial charge in [0.1, 0.15) is 6.16 Å². The van der Waals surface area contributed by atoms with Gasteiger partial charge in [-0.15, -0.1) is 0 Å². The Kier molecular flexibility index (Phi) is 6.65. The summed E-state index contributed by atoms with van der Waals surface area (Å²) in [5, 5.41) is 0.0700. The molecule has 1 saturated heterocycles. The van der Waals surface area contributed by atoms with Crippen LogP contribution in [0.15, 0.2) is 4.52 Å². The van der Waals surface area contributed by atoms with Crippen LogP contribution in [0.1, 0.15) is 6.42 Å². The van der Waals surface area contributed by atoms with Crippen molar-refractivity contribution in [3.63, 3.8) is 0 Å². The number of likely N-dealkylation sites (N-methyl/N-ethyl adjacent to an activating group) is 3. The largest absolute Gasteiger partial charge is 0.412 e. The number of nitrogens with zero attached hydrogens (tertiary/aromatic N) is 4. The van der Waals surface area contributed by atoms with Crippen LogP contribution in [0, 0.1) is 0 Å². The Morgan fingerprint density at radius 1 is 1.12 bits per heavy atom. The lowest BCUT2D eigenvalue weighted by Gasteiger charge is -2.41. The molecular formula is C10H27N4OP2+. The number of hydrogen-bond acceptors (Lipinski definition) is 4. The molecule has 0 amide bonds. The molecule has 1 aliphatic rings. The molecule has 5 nitrogen and oxygen atoms in total. The van der Waals surface area contributed by atoms with Crippen LogP contribution in [-0.4, -0.2) is 80.1 Å². The second-order valence-corrected chi connectivity index (χ2v) is 7.81. The second kappa shape index (κ2) is 6.51. The van der Waals surface area contributed by atoms with Crippen LogP contribution in [0.5, 0.6) is 0 Å². The van der Waals surface area contributed by atoms with Gasteiger partial charge in [-0.05, 0) is 42.3 Å². The summed E-state index contributed by atoms with van der Waals surface area (Å²) in [7, 11) is 15.3. The van der Waals surface area contributed by atoms with Gasteiger partial charge < -0.3 is 5.48 Å². The molecule has 3 atom stereocenters. The summed E-state index contributed by atoms with van der Waals surface area (Å²) >= 11 is 0. The normalized spacial score (nSPS) is 26.0. The zero-order valence-corrected chi connectivity index (χ0v) is 13.9. The highest BCUT2D eigenvalue weighted by atomic mass is 31.1. The zero-order valence-electron chi connectivity index (χ0n) is 11.8. The molecule has 3 unspecified atom stereocenters. The summed E-state index contributed by atoms with van der Waals surface area (Å²) in [4.78, 5) is 7.05. The third-order valence-corrected chi connectivity index (χ3v) is 7.18. The SMILES string of the molecule is CN(C)C1CC[P+](=NP)C1(N(C)C)N(C)C.O. The van der Waals surface area contributed by atoms with Gasteiger partial charge in [0.05, 0.1) is 6.04 Å². The molecule has 0 saturated carbocycles. The fourth-order valence-electron chi connectivity index (χ4n) is 2.98. The van der Waals surface area contributed by atoms with Gasteiger partial charge in [0, 0.05) is 15.8 Å². The lowest BCUT2D eigenvalue weighted by Crippen LogP contribution is -2.61. The van der Waals surface area contributed by atoms with Crippen LogP contribution in [0.2, 0.25) is 0 Å². The maximum Gasteiger partial charge on any atom is 0.271 e. The molecular weight excluding hydrogens is 254 g/mol. The van der Waals surface area contributed by atoms with Gasteiger partial charge in [-0.1, -0.05) is 4.52 Å².